The van der Waals surface area contributed by atoms with E-state index in [1.54, 1.807) is 34.2 Å². The maximum Gasteiger partial charge on any atom is 0.253 e. The number of nitrogens with zero attached hydrogens (tertiary/aromatic N) is 4. The number of aromatic amines is 1. The van der Waals surface area contributed by atoms with Gasteiger partial charge in [0.05, 0.1) is 11.4 Å². The monoisotopic (exact) mass is 558 g/mol. The number of hydrogen-bond acceptors (Lipinski definition) is 6. The van der Waals surface area contributed by atoms with Gasteiger partial charge in [0.2, 0.25) is 5.91 Å². The Balaban J connectivity index is 1.15. The van der Waals surface area contributed by atoms with Crippen molar-refractivity contribution in [1.82, 2.24) is 24.7 Å². The maximum absolute atomic E-state index is 15.0. The summed E-state index contributed by atoms with van der Waals surface area (Å²) in [5.74, 6) is -0.217. The lowest BCUT2D eigenvalue weighted by molar-refractivity contribution is -0.134. The molecule has 10 heteroatoms. The molecule has 1 atom stereocenters. The minimum absolute atomic E-state index is 0.0465. The summed E-state index contributed by atoms with van der Waals surface area (Å²) in [6.45, 7) is 4.39. The molecule has 4 aromatic rings. The molecule has 3 heterocycles. The number of hydrogen-bond donors (Lipinski definition) is 2. The van der Waals surface area contributed by atoms with Gasteiger partial charge in [0, 0.05) is 50.7 Å². The van der Waals surface area contributed by atoms with E-state index in [0.717, 1.165) is 23.1 Å². The number of H-pyrrole nitrogens is 1. The van der Waals surface area contributed by atoms with Gasteiger partial charge in [-0.05, 0) is 74.5 Å². The van der Waals surface area contributed by atoms with Crippen molar-refractivity contribution in [2.24, 2.45) is 5.73 Å². The first-order chi connectivity index (χ1) is 19.7. The van der Waals surface area contributed by atoms with Crippen molar-refractivity contribution in [3.05, 3.63) is 89.0 Å². The van der Waals surface area contributed by atoms with Crippen molar-refractivity contribution in [2.75, 3.05) is 40.3 Å². The van der Waals surface area contributed by atoms with Crippen LogP contribution in [0.25, 0.3) is 11.0 Å². The third-order valence-corrected chi connectivity index (χ3v) is 7.30. The zero-order valence-electron chi connectivity index (χ0n) is 23.6. The number of aryl methyl sites for hydroxylation is 1. The summed E-state index contributed by atoms with van der Waals surface area (Å²) in [7, 11) is 4.00. The number of fused-ring (bicyclic) bond motifs is 1. The van der Waals surface area contributed by atoms with E-state index in [2.05, 4.69) is 14.9 Å². The molecule has 214 valence electrons. The fourth-order valence-electron chi connectivity index (χ4n) is 5.15. The highest BCUT2D eigenvalue weighted by atomic mass is 19.1. The number of rotatable bonds is 8. The highest BCUT2D eigenvalue weighted by Crippen LogP contribution is 2.32. The zero-order chi connectivity index (χ0) is 29.1. The molecule has 1 saturated heterocycles. The van der Waals surface area contributed by atoms with Crippen LogP contribution in [-0.4, -0.2) is 82.8 Å². The number of ether oxygens (including phenoxy) is 1. The van der Waals surface area contributed by atoms with Gasteiger partial charge >= 0.3 is 0 Å². The van der Waals surface area contributed by atoms with Crippen LogP contribution in [0.3, 0.4) is 0 Å². The van der Waals surface area contributed by atoms with Crippen LogP contribution in [0, 0.1) is 12.7 Å². The Kier molecular flexibility index (Phi) is 8.32. The van der Waals surface area contributed by atoms with Crippen LogP contribution >= 0.6 is 0 Å². The van der Waals surface area contributed by atoms with Crippen LogP contribution in [0.4, 0.5) is 4.39 Å². The van der Waals surface area contributed by atoms with Crippen molar-refractivity contribution < 1.29 is 18.7 Å². The highest BCUT2D eigenvalue weighted by molar-refractivity contribution is 5.94. The van der Waals surface area contributed by atoms with Crippen molar-refractivity contribution in [1.29, 1.82) is 0 Å². The molecule has 2 aromatic heterocycles. The number of pyridine rings is 1. The average Bonchev–Trinajstić information content (AvgIpc) is 3.35. The Bertz CT molecular complexity index is 1540. The smallest absolute Gasteiger partial charge is 0.253 e. The van der Waals surface area contributed by atoms with Crippen LogP contribution in [0.15, 0.2) is 60.9 Å². The van der Waals surface area contributed by atoms with Crippen molar-refractivity contribution in [2.45, 2.75) is 25.9 Å². The number of halogens is 1. The minimum atomic E-state index is -0.824. The lowest BCUT2D eigenvalue weighted by atomic mass is 10.0. The number of nitrogens with two attached hydrogens (primary N) is 1. The Morgan fingerprint density at radius 3 is 2.39 bits per heavy atom. The molecule has 0 bridgehead atoms. The van der Waals surface area contributed by atoms with Crippen LogP contribution in [0.2, 0.25) is 0 Å². The third-order valence-electron chi connectivity index (χ3n) is 7.30. The second-order valence-electron chi connectivity index (χ2n) is 10.7. The normalized spacial score (nSPS) is 14.5. The number of piperazine rings is 1. The molecule has 2 aromatic carbocycles. The number of amides is 2. The topological polar surface area (TPSA) is 108 Å². The SMILES string of the molecule is Cc1c[nH]c2nccc(Oc3ccc(C[C@H](N)C(=O)N4CCN(C(=O)c5ccc(CN(C)C)cc5)CC4)cc3F)c12. The first-order valence-corrected chi connectivity index (χ1v) is 13.7. The summed E-state index contributed by atoms with van der Waals surface area (Å²) < 4.78 is 20.9. The molecule has 2 amide bonds. The minimum Gasteiger partial charge on any atom is -0.453 e. The van der Waals surface area contributed by atoms with E-state index in [9.17, 15) is 14.0 Å². The summed E-state index contributed by atoms with van der Waals surface area (Å²) >= 11 is 0. The molecule has 0 spiro atoms. The molecular weight excluding hydrogens is 523 g/mol. The van der Waals surface area contributed by atoms with E-state index in [4.69, 9.17) is 10.5 Å². The molecule has 5 rings (SSSR count). The third kappa shape index (κ3) is 6.39. The van der Waals surface area contributed by atoms with Gasteiger partial charge in [-0.1, -0.05) is 18.2 Å². The zero-order valence-corrected chi connectivity index (χ0v) is 23.6. The molecule has 3 N–H and O–H groups in total. The van der Waals surface area contributed by atoms with E-state index in [-0.39, 0.29) is 24.0 Å². The predicted molar refractivity (Wildman–Crippen MR) is 155 cm³/mol. The summed E-state index contributed by atoms with van der Waals surface area (Å²) in [4.78, 5) is 38.9. The second-order valence-corrected chi connectivity index (χ2v) is 10.7. The maximum atomic E-state index is 15.0. The fraction of sp³-hybridized carbons (Fsp3) is 0.323. The van der Waals surface area contributed by atoms with Gasteiger partial charge in [0.25, 0.3) is 5.91 Å². The number of carbonyl (C=O) groups excluding carboxylic acids is 2. The fourth-order valence-corrected chi connectivity index (χ4v) is 5.15. The molecule has 0 aliphatic carbocycles. The molecule has 0 unspecified atom stereocenters. The lowest BCUT2D eigenvalue weighted by Gasteiger charge is -2.36. The lowest BCUT2D eigenvalue weighted by Crippen LogP contribution is -2.54. The molecular formula is C31H35FN6O3. The van der Waals surface area contributed by atoms with Gasteiger partial charge in [0.1, 0.15) is 11.4 Å². The predicted octanol–water partition coefficient (Wildman–Crippen LogP) is 3.72. The van der Waals surface area contributed by atoms with Gasteiger partial charge in [-0.25, -0.2) is 9.37 Å². The van der Waals surface area contributed by atoms with Gasteiger partial charge in [-0.2, -0.15) is 0 Å². The molecule has 1 aliphatic rings. The van der Waals surface area contributed by atoms with E-state index in [1.165, 1.54) is 6.07 Å². The number of nitrogens with one attached hydrogen (secondary N) is 1. The highest BCUT2D eigenvalue weighted by Gasteiger charge is 2.28. The molecule has 41 heavy (non-hydrogen) atoms. The molecule has 1 fully saturated rings. The standard InChI is InChI=1S/C31H35FN6O3/c1-20-18-35-29-28(20)27(10-11-34-29)41-26-9-6-22(16-24(26)32)17-25(33)31(40)38-14-12-37(13-15-38)30(39)23-7-4-21(5-8-23)19-36(2)3/h4-11,16,18,25H,12-15,17,19,33H2,1-3H3,(H,34,35)/t25-/m0/s1. The van der Waals surface area contributed by atoms with Crippen LogP contribution in [0.1, 0.15) is 27.0 Å². The molecule has 0 saturated carbocycles. The summed E-state index contributed by atoms with van der Waals surface area (Å²) in [5.41, 5.74) is 10.2. The van der Waals surface area contributed by atoms with Gasteiger partial charge in [0.15, 0.2) is 11.6 Å². The van der Waals surface area contributed by atoms with Crippen molar-refractivity contribution >= 4 is 22.8 Å². The Morgan fingerprint density at radius 2 is 1.71 bits per heavy atom. The largest absolute Gasteiger partial charge is 0.453 e. The number of aromatic nitrogens is 2. The second kappa shape index (κ2) is 12.1. The molecule has 1 aliphatic heterocycles. The van der Waals surface area contributed by atoms with Crippen molar-refractivity contribution in [3.63, 3.8) is 0 Å². The van der Waals surface area contributed by atoms with E-state index in [1.807, 2.05) is 51.5 Å². The number of carbonyl (C=O) groups is 2. The first-order valence-electron chi connectivity index (χ1n) is 13.7. The van der Waals surface area contributed by atoms with E-state index in [0.29, 0.717) is 48.7 Å². The average molecular weight is 559 g/mol. The summed E-state index contributed by atoms with van der Waals surface area (Å²) in [5, 5.41) is 0.795. The molecule has 0 radical (unpaired) electrons. The Hall–Kier alpha value is -4.28. The van der Waals surface area contributed by atoms with Crippen LogP contribution in [0.5, 0.6) is 11.5 Å². The Labute approximate surface area is 238 Å². The first kappa shape index (κ1) is 28.3. The van der Waals surface area contributed by atoms with E-state index >= 15 is 0 Å². The Morgan fingerprint density at radius 1 is 1.02 bits per heavy atom. The van der Waals surface area contributed by atoms with Crippen LogP contribution in [-0.2, 0) is 17.8 Å². The van der Waals surface area contributed by atoms with Gasteiger partial charge in [-0.15, -0.1) is 0 Å². The summed E-state index contributed by atoms with van der Waals surface area (Å²) in [6, 6.07) is 13.1. The van der Waals surface area contributed by atoms with Crippen molar-refractivity contribution in [3.8, 4) is 11.5 Å². The van der Waals surface area contributed by atoms with Gasteiger partial charge < -0.3 is 30.2 Å². The van der Waals surface area contributed by atoms with Gasteiger partial charge in [-0.3, -0.25) is 9.59 Å². The summed E-state index contributed by atoms with van der Waals surface area (Å²) in [6.07, 6.45) is 3.61. The quantitative estimate of drug-likeness (QED) is 0.341. The van der Waals surface area contributed by atoms with E-state index < -0.39 is 11.9 Å². The molecule has 9 nitrogen and oxygen atoms in total. The van der Waals surface area contributed by atoms with Crippen LogP contribution < -0.4 is 10.5 Å². The number of benzene rings is 2.